The quantitative estimate of drug-likeness (QED) is 0.822. The molecule has 0 amide bonds. The molecule has 3 heteroatoms. The Morgan fingerprint density at radius 2 is 2.06 bits per heavy atom. The molecule has 0 saturated carbocycles. The van der Waals surface area contributed by atoms with E-state index >= 15 is 0 Å². The van der Waals surface area contributed by atoms with Crippen LogP contribution in [0.1, 0.15) is 45.6 Å². The van der Waals surface area contributed by atoms with Crippen LogP contribution in [-0.4, -0.2) is 16.8 Å². The van der Waals surface area contributed by atoms with Crippen molar-refractivity contribution < 1.29 is 9.90 Å². The number of rotatable bonds is 2. The monoisotopic (exact) mass is 252 g/mol. The summed E-state index contributed by atoms with van der Waals surface area (Å²) in [4.78, 5) is 12.1. The molecule has 92 valence electrons. The molecule has 0 unspecified atom stereocenters. The van der Waals surface area contributed by atoms with Gasteiger partial charge in [0.05, 0.1) is 6.10 Å². The van der Waals surface area contributed by atoms with Crippen molar-refractivity contribution in [1.82, 2.24) is 0 Å². The van der Waals surface area contributed by atoms with Crippen LogP contribution < -0.4 is 0 Å². The van der Waals surface area contributed by atoms with Crippen LogP contribution in [0.15, 0.2) is 6.07 Å². The molecule has 1 N–H and O–H groups in total. The van der Waals surface area contributed by atoms with Gasteiger partial charge in [0, 0.05) is 17.4 Å². The number of aryl methyl sites for hydroxylation is 1. The summed E-state index contributed by atoms with van der Waals surface area (Å²) in [6, 6.07) is 1.94. The average molecular weight is 253 g/mol. The summed E-state index contributed by atoms with van der Waals surface area (Å²) in [6.45, 7) is 5.74. The molecule has 1 aliphatic carbocycles. The Labute approximate surface area is 107 Å². The van der Waals surface area contributed by atoms with E-state index in [-0.39, 0.29) is 11.7 Å². The maximum absolute atomic E-state index is 12.1. The second kappa shape index (κ2) is 4.43. The van der Waals surface area contributed by atoms with Crippen molar-refractivity contribution in [2.45, 2.75) is 33.3 Å². The lowest BCUT2D eigenvalue weighted by molar-refractivity contribution is 0.0790. The van der Waals surface area contributed by atoms with E-state index in [9.17, 15) is 9.90 Å². The summed E-state index contributed by atoms with van der Waals surface area (Å²) in [5.41, 5.74) is 4.76. The maximum atomic E-state index is 12.1. The summed E-state index contributed by atoms with van der Waals surface area (Å²) in [7, 11) is 0. The van der Waals surface area contributed by atoms with Crippen molar-refractivity contribution in [1.29, 1.82) is 0 Å². The summed E-state index contributed by atoms with van der Waals surface area (Å²) in [5.74, 6) is 0.280. The maximum Gasteiger partial charge on any atom is 0.169 e. The number of aliphatic hydroxyl groups excluding tert-OH is 1. The Morgan fingerprint density at radius 3 is 2.65 bits per heavy atom. The van der Waals surface area contributed by atoms with Gasteiger partial charge in [-0.2, -0.15) is 0 Å². The Balaban J connectivity index is 2.65. The second-order valence-electron chi connectivity index (χ2n) is 4.80. The second-order valence-corrected chi connectivity index (χ2v) is 5.18. The highest BCUT2D eigenvalue weighted by Gasteiger charge is 2.37. The van der Waals surface area contributed by atoms with Crippen molar-refractivity contribution >= 4 is 17.4 Å². The van der Waals surface area contributed by atoms with Gasteiger partial charge in [-0.25, -0.2) is 0 Å². The highest BCUT2D eigenvalue weighted by atomic mass is 35.5. The minimum Gasteiger partial charge on any atom is -0.388 e. The molecule has 0 radical (unpaired) electrons. The highest BCUT2D eigenvalue weighted by Crippen LogP contribution is 2.39. The predicted octanol–water partition coefficient (Wildman–Crippen LogP) is 2.95. The fourth-order valence-corrected chi connectivity index (χ4v) is 2.92. The van der Waals surface area contributed by atoms with E-state index < -0.39 is 6.10 Å². The molecule has 0 heterocycles. The summed E-state index contributed by atoms with van der Waals surface area (Å²) >= 11 is 5.79. The van der Waals surface area contributed by atoms with Crippen LogP contribution in [-0.2, 0) is 6.42 Å². The number of alkyl halides is 1. The van der Waals surface area contributed by atoms with E-state index in [1.807, 2.05) is 19.9 Å². The first-order valence-electron chi connectivity index (χ1n) is 5.90. The van der Waals surface area contributed by atoms with Crippen LogP contribution in [0.3, 0.4) is 0 Å². The molecule has 0 aliphatic heterocycles. The molecule has 2 nitrogen and oxygen atoms in total. The number of Topliss-reactive ketones (excluding diaryl/α,β-unsaturated/α-hetero) is 1. The number of aliphatic hydroxyl groups is 1. The van der Waals surface area contributed by atoms with Crippen molar-refractivity contribution in [2.75, 3.05) is 5.88 Å². The Morgan fingerprint density at radius 1 is 1.41 bits per heavy atom. The summed E-state index contributed by atoms with van der Waals surface area (Å²) < 4.78 is 0. The van der Waals surface area contributed by atoms with Gasteiger partial charge in [-0.1, -0.05) is 13.0 Å². The normalized spacial score (nSPS) is 23.0. The van der Waals surface area contributed by atoms with E-state index in [2.05, 4.69) is 0 Å². The third kappa shape index (κ3) is 1.80. The first-order valence-corrected chi connectivity index (χ1v) is 6.43. The first kappa shape index (κ1) is 12.6. The van der Waals surface area contributed by atoms with Gasteiger partial charge in [0.25, 0.3) is 0 Å². The van der Waals surface area contributed by atoms with Gasteiger partial charge in [-0.15, -0.1) is 11.6 Å². The lowest BCUT2D eigenvalue weighted by atomic mass is 9.92. The zero-order valence-electron chi connectivity index (χ0n) is 10.4. The molecule has 2 rings (SSSR count). The van der Waals surface area contributed by atoms with E-state index in [1.165, 1.54) is 0 Å². The number of fused-ring (bicyclic) bond motifs is 1. The van der Waals surface area contributed by atoms with E-state index in [4.69, 9.17) is 11.6 Å². The SMILES string of the molecule is Cc1cc2c(c(C)c1CCCl)C(=O)[C@H](C)[C@H]2O. The smallest absolute Gasteiger partial charge is 0.169 e. The Kier molecular flexibility index (Phi) is 3.28. The number of carbonyl (C=O) groups excluding carboxylic acids is 1. The molecular weight excluding hydrogens is 236 g/mol. The molecule has 0 fully saturated rings. The molecule has 0 spiro atoms. The predicted molar refractivity (Wildman–Crippen MR) is 68.8 cm³/mol. The molecule has 1 aromatic carbocycles. The van der Waals surface area contributed by atoms with Crippen LogP contribution in [0.25, 0.3) is 0 Å². The summed E-state index contributed by atoms with van der Waals surface area (Å²) in [6.07, 6.45) is 0.115. The molecule has 1 aromatic rings. The largest absolute Gasteiger partial charge is 0.388 e. The third-order valence-electron chi connectivity index (χ3n) is 3.76. The van der Waals surface area contributed by atoms with Crippen LogP contribution >= 0.6 is 11.6 Å². The standard InChI is InChI=1S/C14H17ClO2/c1-7-6-11-12(8(2)10(7)4-5-15)14(17)9(3)13(11)16/h6,9,13,16H,4-5H2,1-3H3/t9-,13-/m1/s1. The fraction of sp³-hybridized carbons (Fsp3) is 0.500. The zero-order valence-corrected chi connectivity index (χ0v) is 11.1. The highest BCUT2D eigenvalue weighted by molar-refractivity contribution is 6.18. The minimum absolute atomic E-state index is 0.0563. The number of halogens is 1. The van der Waals surface area contributed by atoms with Crippen molar-refractivity contribution in [3.8, 4) is 0 Å². The number of hydrogen-bond acceptors (Lipinski definition) is 2. The van der Waals surface area contributed by atoms with Crippen molar-refractivity contribution in [3.63, 3.8) is 0 Å². The number of carbonyl (C=O) groups is 1. The topological polar surface area (TPSA) is 37.3 Å². The average Bonchev–Trinajstić information content (AvgIpc) is 2.50. The lowest BCUT2D eigenvalue weighted by Gasteiger charge is -2.14. The Hall–Kier alpha value is -0.860. The van der Waals surface area contributed by atoms with E-state index in [0.29, 0.717) is 5.88 Å². The number of benzene rings is 1. The minimum atomic E-state index is -0.653. The fourth-order valence-electron chi connectivity index (χ4n) is 2.74. The first-order chi connectivity index (χ1) is 7.99. The van der Waals surface area contributed by atoms with Gasteiger partial charge >= 0.3 is 0 Å². The molecule has 0 aromatic heterocycles. The molecular formula is C14H17ClO2. The summed E-state index contributed by atoms with van der Waals surface area (Å²) in [5, 5.41) is 10.0. The van der Waals surface area contributed by atoms with E-state index in [0.717, 1.165) is 34.2 Å². The van der Waals surface area contributed by atoms with Gasteiger partial charge in [-0.3, -0.25) is 4.79 Å². The van der Waals surface area contributed by atoms with Gasteiger partial charge in [0.15, 0.2) is 5.78 Å². The molecule has 0 bridgehead atoms. The molecule has 17 heavy (non-hydrogen) atoms. The van der Waals surface area contributed by atoms with E-state index in [1.54, 1.807) is 6.92 Å². The van der Waals surface area contributed by atoms with Gasteiger partial charge in [0.1, 0.15) is 0 Å². The van der Waals surface area contributed by atoms with Gasteiger partial charge < -0.3 is 5.11 Å². The molecule has 0 saturated heterocycles. The van der Waals surface area contributed by atoms with Crippen LogP contribution in [0, 0.1) is 19.8 Å². The lowest BCUT2D eigenvalue weighted by Crippen LogP contribution is -2.09. The van der Waals surface area contributed by atoms with Gasteiger partial charge in [0.2, 0.25) is 0 Å². The van der Waals surface area contributed by atoms with Crippen molar-refractivity contribution in [3.05, 3.63) is 33.9 Å². The Bertz CT molecular complexity index is 480. The van der Waals surface area contributed by atoms with Crippen LogP contribution in [0.5, 0.6) is 0 Å². The zero-order chi connectivity index (χ0) is 12.7. The van der Waals surface area contributed by atoms with Crippen molar-refractivity contribution in [2.24, 2.45) is 5.92 Å². The number of ketones is 1. The van der Waals surface area contributed by atoms with Crippen LogP contribution in [0.2, 0.25) is 0 Å². The van der Waals surface area contributed by atoms with Crippen LogP contribution in [0.4, 0.5) is 0 Å². The van der Waals surface area contributed by atoms with Gasteiger partial charge in [-0.05, 0) is 42.5 Å². The number of hydrogen-bond donors (Lipinski definition) is 1. The molecule has 1 aliphatic rings. The molecule has 2 atom stereocenters. The third-order valence-corrected chi connectivity index (χ3v) is 3.95.